The molecule has 1 aliphatic heterocycles. The largest absolute Gasteiger partial charge is 0.378 e. The zero-order chi connectivity index (χ0) is 16.4. The molecule has 1 fully saturated rings. The van der Waals surface area contributed by atoms with E-state index in [4.69, 9.17) is 0 Å². The summed E-state index contributed by atoms with van der Waals surface area (Å²) in [6.07, 6.45) is 1.96. The molecule has 5 nitrogen and oxygen atoms in total. The van der Waals surface area contributed by atoms with Gasteiger partial charge in [0.25, 0.3) is 0 Å². The average Bonchev–Trinajstić information content (AvgIpc) is 2.54. The Labute approximate surface area is 135 Å². The van der Waals surface area contributed by atoms with Gasteiger partial charge in [0, 0.05) is 31.9 Å². The van der Waals surface area contributed by atoms with Crippen molar-refractivity contribution in [2.75, 3.05) is 24.3 Å². The van der Waals surface area contributed by atoms with Gasteiger partial charge in [0.05, 0.1) is 0 Å². The van der Waals surface area contributed by atoms with Crippen LogP contribution in [0.3, 0.4) is 0 Å². The SMILES string of the molecule is CN(C)c1ccc2cc(NC(=O)C3CCCC(=O)N3)ccc2c1. The summed E-state index contributed by atoms with van der Waals surface area (Å²) in [5.41, 5.74) is 1.89. The third kappa shape index (κ3) is 3.44. The lowest BCUT2D eigenvalue weighted by molar-refractivity contribution is -0.128. The molecule has 1 aliphatic rings. The van der Waals surface area contributed by atoms with Gasteiger partial charge in [0.1, 0.15) is 6.04 Å². The summed E-state index contributed by atoms with van der Waals surface area (Å²) in [5, 5.41) is 7.83. The number of nitrogens with zero attached hydrogens (tertiary/aromatic N) is 1. The Hall–Kier alpha value is -2.56. The number of nitrogens with one attached hydrogen (secondary N) is 2. The van der Waals surface area contributed by atoms with E-state index in [0.29, 0.717) is 12.8 Å². The summed E-state index contributed by atoms with van der Waals surface area (Å²) in [5.74, 6) is -0.201. The number of benzene rings is 2. The molecule has 120 valence electrons. The minimum atomic E-state index is -0.428. The first-order chi connectivity index (χ1) is 11.0. The highest BCUT2D eigenvalue weighted by Crippen LogP contribution is 2.24. The molecule has 0 bridgehead atoms. The minimum Gasteiger partial charge on any atom is -0.378 e. The maximum atomic E-state index is 12.3. The Bertz CT molecular complexity index is 755. The number of amides is 2. The van der Waals surface area contributed by atoms with E-state index in [0.717, 1.165) is 28.6 Å². The summed E-state index contributed by atoms with van der Waals surface area (Å²) >= 11 is 0. The fourth-order valence-corrected chi connectivity index (χ4v) is 2.82. The highest BCUT2D eigenvalue weighted by Gasteiger charge is 2.24. The van der Waals surface area contributed by atoms with Crippen molar-refractivity contribution >= 4 is 34.0 Å². The number of hydrogen-bond acceptors (Lipinski definition) is 3. The third-order valence-corrected chi connectivity index (χ3v) is 4.16. The standard InChI is InChI=1S/C18H21N3O2/c1-21(2)15-9-7-12-10-14(8-6-13(12)11-15)19-18(23)16-4-3-5-17(22)20-16/h6-11,16H,3-5H2,1-2H3,(H,19,23)(H,20,22). The molecule has 1 saturated heterocycles. The summed E-state index contributed by atoms with van der Waals surface area (Å²) in [4.78, 5) is 25.7. The van der Waals surface area contributed by atoms with Gasteiger partial charge in [-0.15, -0.1) is 0 Å². The molecule has 2 N–H and O–H groups in total. The summed E-state index contributed by atoms with van der Waals surface area (Å²) in [6, 6.07) is 11.6. The van der Waals surface area contributed by atoms with Crippen molar-refractivity contribution < 1.29 is 9.59 Å². The zero-order valence-electron chi connectivity index (χ0n) is 13.4. The molecule has 0 radical (unpaired) electrons. The second-order valence-corrected chi connectivity index (χ2v) is 6.14. The molecule has 5 heteroatoms. The van der Waals surface area contributed by atoms with E-state index in [2.05, 4.69) is 27.7 Å². The predicted molar refractivity (Wildman–Crippen MR) is 92.7 cm³/mol. The molecule has 23 heavy (non-hydrogen) atoms. The Balaban J connectivity index is 1.76. The van der Waals surface area contributed by atoms with Gasteiger partial charge in [-0.05, 0) is 47.9 Å². The Kier molecular flexibility index (Phi) is 4.19. The molecule has 1 atom stereocenters. The van der Waals surface area contributed by atoms with E-state index in [1.54, 1.807) is 0 Å². The van der Waals surface area contributed by atoms with E-state index >= 15 is 0 Å². The van der Waals surface area contributed by atoms with E-state index < -0.39 is 6.04 Å². The number of anilines is 2. The van der Waals surface area contributed by atoms with Gasteiger partial charge < -0.3 is 15.5 Å². The van der Waals surface area contributed by atoms with Crippen LogP contribution >= 0.6 is 0 Å². The second-order valence-electron chi connectivity index (χ2n) is 6.14. The number of hydrogen-bond donors (Lipinski definition) is 2. The molecule has 2 aromatic carbocycles. The molecule has 0 aliphatic carbocycles. The van der Waals surface area contributed by atoms with Crippen LogP contribution in [0.1, 0.15) is 19.3 Å². The molecular weight excluding hydrogens is 290 g/mol. The molecule has 0 aromatic heterocycles. The maximum absolute atomic E-state index is 12.3. The van der Waals surface area contributed by atoms with Crippen molar-refractivity contribution in [1.29, 1.82) is 0 Å². The van der Waals surface area contributed by atoms with Gasteiger partial charge in [0.15, 0.2) is 0 Å². The lowest BCUT2D eigenvalue weighted by atomic mass is 10.0. The molecule has 0 saturated carbocycles. The van der Waals surface area contributed by atoms with E-state index in [-0.39, 0.29) is 11.8 Å². The first-order valence-electron chi connectivity index (χ1n) is 7.84. The first kappa shape index (κ1) is 15.3. The molecule has 2 amide bonds. The van der Waals surface area contributed by atoms with Gasteiger partial charge in [-0.1, -0.05) is 12.1 Å². The fraction of sp³-hybridized carbons (Fsp3) is 0.333. The van der Waals surface area contributed by atoms with Gasteiger partial charge in [-0.25, -0.2) is 0 Å². The summed E-state index contributed by atoms with van der Waals surface area (Å²) in [6.45, 7) is 0. The molecule has 0 spiro atoms. The van der Waals surface area contributed by atoms with Crippen LogP contribution in [0.4, 0.5) is 11.4 Å². The van der Waals surface area contributed by atoms with Crippen LogP contribution in [0.5, 0.6) is 0 Å². The average molecular weight is 311 g/mol. The van der Waals surface area contributed by atoms with Gasteiger partial charge in [0.2, 0.25) is 11.8 Å². The van der Waals surface area contributed by atoms with Crippen molar-refractivity contribution in [2.24, 2.45) is 0 Å². The Morgan fingerprint density at radius 1 is 1.17 bits per heavy atom. The normalized spacial score (nSPS) is 17.7. The summed E-state index contributed by atoms with van der Waals surface area (Å²) < 4.78 is 0. The summed E-state index contributed by atoms with van der Waals surface area (Å²) in [7, 11) is 4.02. The highest BCUT2D eigenvalue weighted by molar-refractivity contribution is 5.99. The van der Waals surface area contributed by atoms with Crippen LogP contribution < -0.4 is 15.5 Å². The molecule has 1 unspecified atom stereocenters. The van der Waals surface area contributed by atoms with Crippen LogP contribution in [-0.2, 0) is 9.59 Å². The van der Waals surface area contributed by atoms with Crippen molar-refractivity contribution in [2.45, 2.75) is 25.3 Å². The van der Waals surface area contributed by atoms with Gasteiger partial charge in [-0.3, -0.25) is 9.59 Å². The molecular formula is C18H21N3O2. The monoisotopic (exact) mass is 311 g/mol. The van der Waals surface area contributed by atoms with Crippen LogP contribution in [0.25, 0.3) is 10.8 Å². The van der Waals surface area contributed by atoms with E-state index in [1.807, 2.05) is 38.4 Å². The van der Waals surface area contributed by atoms with Crippen LogP contribution in [0, 0.1) is 0 Å². The quantitative estimate of drug-likeness (QED) is 0.915. The molecule has 3 rings (SSSR count). The second kappa shape index (κ2) is 6.28. The fourth-order valence-electron chi connectivity index (χ4n) is 2.82. The number of fused-ring (bicyclic) bond motifs is 1. The number of carbonyl (C=O) groups is 2. The number of piperidine rings is 1. The lowest BCUT2D eigenvalue weighted by Gasteiger charge is -2.22. The van der Waals surface area contributed by atoms with E-state index in [9.17, 15) is 9.59 Å². The molecule has 1 heterocycles. The van der Waals surface area contributed by atoms with Crippen LogP contribution in [0.15, 0.2) is 36.4 Å². The van der Waals surface area contributed by atoms with Gasteiger partial charge in [-0.2, -0.15) is 0 Å². The third-order valence-electron chi connectivity index (χ3n) is 4.16. The Morgan fingerprint density at radius 3 is 2.65 bits per heavy atom. The maximum Gasteiger partial charge on any atom is 0.246 e. The van der Waals surface area contributed by atoms with Gasteiger partial charge >= 0.3 is 0 Å². The van der Waals surface area contributed by atoms with Crippen LogP contribution in [-0.4, -0.2) is 32.0 Å². The molecule has 2 aromatic rings. The predicted octanol–water partition coefficient (Wildman–Crippen LogP) is 2.51. The van der Waals surface area contributed by atoms with Crippen molar-refractivity contribution in [3.05, 3.63) is 36.4 Å². The van der Waals surface area contributed by atoms with Crippen molar-refractivity contribution in [3.63, 3.8) is 0 Å². The first-order valence-corrected chi connectivity index (χ1v) is 7.84. The minimum absolute atomic E-state index is 0.0499. The number of carbonyl (C=O) groups excluding carboxylic acids is 2. The van der Waals surface area contributed by atoms with Crippen molar-refractivity contribution in [3.8, 4) is 0 Å². The van der Waals surface area contributed by atoms with E-state index in [1.165, 1.54) is 0 Å². The number of rotatable bonds is 3. The lowest BCUT2D eigenvalue weighted by Crippen LogP contribution is -2.46. The smallest absolute Gasteiger partial charge is 0.246 e. The Morgan fingerprint density at radius 2 is 1.91 bits per heavy atom. The topological polar surface area (TPSA) is 61.4 Å². The van der Waals surface area contributed by atoms with Crippen LogP contribution in [0.2, 0.25) is 0 Å². The highest BCUT2D eigenvalue weighted by atomic mass is 16.2. The zero-order valence-corrected chi connectivity index (χ0v) is 13.4. The van der Waals surface area contributed by atoms with Crippen molar-refractivity contribution in [1.82, 2.24) is 5.32 Å².